The third-order valence-corrected chi connectivity index (χ3v) is 2.65. The van der Waals surface area contributed by atoms with E-state index < -0.39 is 5.92 Å². The molecule has 0 spiro atoms. The Morgan fingerprint density at radius 2 is 2.25 bits per heavy atom. The van der Waals surface area contributed by atoms with E-state index in [9.17, 15) is 8.78 Å². The monoisotopic (exact) mass is 236 g/mol. The molecule has 0 unspecified atom stereocenters. The van der Waals surface area contributed by atoms with E-state index in [0.29, 0.717) is 18.5 Å². The van der Waals surface area contributed by atoms with Gasteiger partial charge in [0.05, 0.1) is 5.56 Å². The Kier molecular flexibility index (Phi) is 1.71. The van der Waals surface area contributed by atoms with Crippen molar-refractivity contribution in [2.75, 3.05) is 0 Å². The predicted octanol–water partition coefficient (Wildman–Crippen LogP) is 2.60. The molecule has 2 rings (SSSR count). The summed E-state index contributed by atoms with van der Waals surface area (Å²) in [4.78, 5) is 0. The maximum Gasteiger partial charge on any atom is 0.277 e. The number of nitrogens with one attached hydrogen (secondary N) is 1. The van der Waals surface area contributed by atoms with Crippen molar-refractivity contribution < 1.29 is 8.78 Å². The number of aromatic amines is 1. The number of aryl methyl sites for hydroxylation is 1. The van der Waals surface area contributed by atoms with Gasteiger partial charge in [-0.15, -0.1) is 0 Å². The number of hydrogen-bond acceptors (Lipinski definition) is 1. The number of aromatic nitrogens is 2. The fraction of sp³-hybridized carbons (Fsp3) is 0.571. The summed E-state index contributed by atoms with van der Waals surface area (Å²) >= 11 is 3.01. The van der Waals surface area contributed by atoms with Crippen LogP contribution in [-0.2, 0) is 12.3 Å². The SMILES string of the molecule is FC1(F)CCCc2[nH]nc(Br)c21. The molecule has 0 radical (unpaired) electrons. The Morgan fingerprint density at radius 3 is 2.92 bits per heavy atom. The molecule has 1 aromatic heterocycles. The van der Waals surface area contributed by atoms with Gasteiger partial charge >= 0.3 is 0 Å². The van der Waals surface area contributed by atoms with Crippen molar-refractivity contribution in [3.05, 3.63) is 15.9 Å². The third-order valence-electron chi connectivity index (χ3n) is 2.08. The third kappa shape index (κ3) is 1.07. The van der Waals surface area contributed by atoms with Crippen molar-refractivity contribution in [3.63, 3.8) is 0 Å². The summed E-state index contributed by atoms with van der Waals surface area (Å²) < 4.78 is 26.7. The molecule has 2 nitrogen and oxygen atoms in total. The Bertz CT molecular complexity index is 308. The number of halogens is 3. The second-order valence-electron chi connectivity index (χ2n) is 2.93. The van der Waals surface area contributed by atoms with Crippen LogP contribution in [0.3, 0.4) is 0 Å². The number of nitrogens with zero attached hydrogens (tertiary/aromatic N) is 1. The maximum atomic E-state index is 13.2. The predicted molar refractivity (Wildman–Crippen MR) is 43.1 cm³/mol. The second kappa shape index (κ2) is 2.52. The highest BCUT2D eigenvalue weighted by atomic mass is 79.9. The summed E-state index contributed by atoms with van der Waals surface area (Å²) in [6.45, 7) is 0. The van der Waals surface area contributed by atoms with Crippen LogP contribution in [0.2, 0.25) is 0 Å². The first-order valence-electron chi connectivity index (χ1n) is 3.72. The molecule has 12 heavy (non-hydrogen) atoms. The van der Waals surface area contributed by atoms with E-state index in [0.717, 1.165) is 0 Å². The molecule has 66 valence electrons. The zero-order valence-electron chi connectivity index (χ0n) is 6.20. The van der Waals surface area contributed by atoms with Gasteiger partial charge in [0.2, 0.25) is 0 Å². The molecule has 0 fully saturated rings. The first kappa shape index (κ1) is 8.16. The van der Waals surface area contributed by atoms with E-state index in [4.69, 9.17) is 0 Å². The fourth-order valence-corrected chi connectivity index (χ4v) is 2.14. The second-order valence-corrected chi connectivity index (χ2v) is 3.68. The van der Waals surface area contributed by atoms with Gasteiger partial charge in [-0.25, -0.2) is 8.78 Å². The zero-order valence-corrected chi connectivity index (χ0v) is 7.79. The molecule has 0 atom stereocenters. The number of H-pyrrole nitrogens is 1. The highest BCUT2D eigenvalue weighted by Crippen LogP contribution is 2.42. The van der Waals surface area contributed by atoms with Gasteiger partial charge in [-0.3, -0.25) is 5.10 Å². The minimum Gasteiger partial charge on any atom is -0.281 e. The van der Waals surface area contributed by atoms with Crippen LogP contribution in [0.25, 0.3) is 0 Å². The number of hydrogen-bond donors (Lipinski definition) is 1. The van der Waals surface area contributed by atoms with Gasteiger partial charge in [-0.1, -0.05) is 0 Å². The summed E-state index contributed by atoms with van der Waals surface area (Å²) in [5.74, 6) is -2.71. The molecular formula is C7H7BrF2N2. The Hall–Kier alpha value is -0.450. The minimum atomic E-state index is -2.71. The normalized spacial score (nSPS) is 20.6. The molecule has 1 N–H and O–H groups in total. The summed E-state index contributed by atoms with van der Waals surface area (Å²) in [5.41, 5.74) is 0.617. The van der Waals surface area contributed by atoms with E-state index in [-0.39, 0.29) is 16.6 Å². The van der Waals surface area contributed by atoms with E-state index >= 15 is 0 Å². The zero-order chi connectivity index (χ0) is 8.77. The van der Waals surface area contributed by atoms with Crippen molar-refractivity contribution >= 4 is 15.9 Å². The topological polar surface area (TPSA) is 28.7 Å². The van der Waals surface area contributed by atoms with Gasteiger partial charge in [0.15, 0.2) is 0 Å². The highest BCUT2D eigenvalue weighted by Gasteiger charge is 2.40. The van der Waals surface area contributed by atoms with Crippen LogP contribution < -0.4 is 0 Å². The van der Waals surface area contributed by atoms with Gasteiger partial charge < -0.3 is 0 Å². The van der Waals surface area contributed by atoms with Crippen LogP contribution in [-0.4, -0.2) is 10.2 Å². The average Bonchev–Trinajstić information content (AvgIpc) is 2.32. The molecule has 1 aliphatic carbocycles. The lowest BCUT2D eigenvalue weighted by atomic mass is 9.95. The summed E-state index contributed by atoms with van der Waals surface area (Å²) in [5, 5.41) is 6.31. The number of rotatable bonds is 0. The Labute approximate surface area is 76.5 Å². The van der Waals surface area contributed by atoms with Crippen LogP contribution in [0.1, 0.15) is 24.1 Å². The van der Waals surface area contributed by atoms with Gasteiger partial charge in [-0.2, -0.15) is 5.10 Å². The van der Waals surface area contributed by atoms with Crippen molar-refractivity contribution in [2.24, 2.45) is 0 Å². The van der Waals surface area contributed by atoms with Gasteiger partial charge in [0, 0.05) is 12.1 Å². The number of alkyl halides is 2. The van der Waals surface area contributed by atoms with Crippen LogP contribution in [0, 0.1) is 0 Å². The molecule has 5 heteroatoms. The van der Waals surface area contributed by atoms with Crippen molar-refractivity contribution in [2.45, 2.75) is 25.2 Å². The Balaban J connectivity index is 2.56. The summed E-state index contributed by atoms with van der Waals surface area (Å²) in [7, 11) is 0. The van der Waals surface area contributed by atoms with Crippen LogP contribution in [0.4, 0.5) is 8.78 Å². The van der Waals surface area contributed by atoms with Crippen molar-refractivity contribution in [1.29, 1.82) is 0 Å². The van der Waals surface area contributed by atoms with E-state index in [1.165, 1.54) is 0 Å². The Morgan fingerprint density at radius 1 is 1.50 bits per heavy atom. The molecule has 0 bridgehead atoms. The average molecular weight is 237 g/mol. The molecular weight excluding hydrogens is 230 g/mol. The fourth-order valence-electron chi connectivity index (χ4n) is 1.52. The maximum absolute atomic E-state index is 13.2. The molecule has 0 aliphatic heterocycles. The lowest BCUT2D eigenvalue weighted by Crippen LogP contribution is -2.20. The molecule has 0 aromatic carbocycles. The van der Waals surface area contributed by atoms with Gasteiger partial charge in [0.1, 0.15) is 4.60 Å². The lowest BCUT2D eigenvalue weighted by Gasteiger charge is -2.21. The van der Waals surface area contributed by atoms with Crippen molar-refractivity contribution in [1.82, 2.24) is 10.2 Å². The van der Waals surface area contributed by atoms with Crippen molar-refractivity contribution in [3.8, 4) is 0 Å². The molecule has 1 aliphatic rings. The van der Waals surface area contributed by atoms with E-state index in [1.54, 1.807) is 0 Å². The molecule has 0 saturated carbocycles. The highest BCUT2D eigenvalue weighted by molar-refractivity contribution is 9.10. The summed E-state index contributed by atoms with van der Waals surface area (Å²) in [6, 6.07) is 0. The number of fused-ring (bicyclic) bond motifs is 1. The minimum absolute atomic E-state index is 0.0498. The van der Waals surface area contributed by atoms with Crippen LogP contribution in [0.5, 0.6) is 0 Å². The lowest BCUT2D eigenvalue weighted by molar-refractivity contribution is -0.0224. The van der Waals surface area contributed by atoms with Gasteiger partial charge in [0.25, 0.3) is 5.92 Å². The van der Waals surface area contributed by atoms with Gasteiger partial charge in [-0.05, 0) is 28.8 Å². The van der Waals surface area contributed by atoms with E-state index in [1.807, 2.05) is 0 Å². The summed E-state index contributed by atoms with van der Waals surface area (Å²) in [6.07, 6.45) is 1.12. The van der Waals surface area contributed by atoms with Crippen LogP contribution >= 0.6 is 15.9 Å². The molecule has 0 amide bonds. The first-order chi connectivity index (χ1) is 5.61. The van der Waals surface area contributed by atoms with E-state index in [2.05, 4.69) is 26.1 Å². The first-order valence-corrected chi connectivity index (χ1v) is 4.51. The quantitative estimate of drug-likeness (QED) is 0.738. The standard InChI is InChI=1S/C7H7BrF2N2/c8-6-5-4(11-12-6)2-1-3-7(5,9)10/h1-3H2,(H,11,12). The van der Waals surface area contributed by atoms with Crippen LogP contribution in [0.15, 0.2) is 4.60 Å². The largest absolute Gasteiger partial charge is 0.281 e. The molecule has 0 saturated heterocycles. The molecule has 1 heterocycles. The molecule has 1 aromatic rings. The smallest absolute Gasteiger partial charge is 0.277 e.